The number of rotatable bonds is 7. The number of nitrogens with one attached hydrogen (secondary N) is 1. The van der Waals surface area contributed by atoms with Gasteiger partial charge in [-0.05, 0) is 31.7 Å². The van der Waals surface area contributed by atoms with E-state index in [1.165, 1.54) is 32.2 Å². The van der Waals surface area contributed by atoms with Crippen LogP contribution in [0.5, 0.6) is 5.75 Å². The Labute approximate surface area is 145 Å². The Hall–Kier alpha value is -2.90. The highest BCUT2D eigenvalue weighted by Gasteiger charge is 2.22. The fourth-order valence-electron chi connectivity index (χ4n) is 2.51. The maximum Gasteiger partial charge on any atom is 0.307 e. The van der Waals surface area contributed by atoms with Gasteiger partial charge in [-0.25, -0.2) is 0 Å². The number of ether oxygens (including phenoxy) is 2. The predicted octanol–water partition coefficient (Wildman–Crippen LogP) is 2.83. The standard InChI is InChI=1S/C17H20N2O6/c1-11(25-16(20)9-12-5-3-4-6-12)17(21)18-14-8-7-13(19(22)23)10-15(14)24-2/h3,5,7-8,10-12H,4,6,9H2,1-2H3,(H,18,21)/t11-,12-/m0/s1. The number of carbonyl (C=O) groups is 2. The first-order chi connectivity index (χ1) is 11.9. The number of amides is 1. The number of non-ortho nitro benzene ring substituents is 1. The summed E-state index contributed by atoms with van der Waals surface area (Å²) in [5, 5.41) is 13.3. The van der Waals surface area contributed by atoms with E-state index in [1.807, 2.05) is 12.2 Å². The van der Waals surface area contributed by atoms with E-state index in [2.05, 4.69) is 5.32 Å². The summed E-state index contributed by atoms with van der Waals surface area (Å²) in [6.45, 7) is 1.47. The Morgan fingerprint density at radius 2 is 2.20 bits per heavy atom. The van der Waals surface area contributed by atoms with Crippen molar-refractivity contribution in [1.29, 1.82) is 0 Å². The minimum absolute atomic E-state index is 0.150. The van der Waals surface area contributed by atoms with Crippen molar-refractivity contribution in [3.05, 3.63) is 40.5 Å². The molecular formula is C17H20N2O6. The van der Waals surface area contributed by atoms with E-state index in [0.29, 0.717) is 0 Å². The number of nitro benzene ring substituents is 1. The molecule has 1 aromatic carbocycles. The van der Waals surface area contributed by atoms with Crippen molar-refractivity contribution in [1.82, 2.24) is 0 Å². The molecule has 0 aromatic heterocycles. The summed E-state index contributed by atoms with van der Waals surface area (Å²) in [5.74, 6) is -0.660. The monoisotopic (exact) mass is 348 g/mol. The molecule has 0 aliphatic heterocycles. The van der Waals surface area contributed by atoms with E-state index in [-0.39, 0.29) is 29.5 Å². The molecule has 0 fully saturated rings. The quantitative estimate of drug-likeness (QED) is 0.351. The molecule has 2 atom stereocenters. The van der Waals surface area contributed by atoms with Crippen LogP contribution in [0.4, 0.5) is 11.4 Å². The largest absolute Gasteiger partial charge is 0.494 e. The first kappa shape index (κ1) is 18.4. The number of hydrogen-bond donors (Lipinski definition) is 1. The van der Waals surface area contributed by atoms with Crippen LogP contribution >= 0.6 is 0 Å². The van der Waals surface area contributed by atoms with Gasteiger partial charge in [-0.3, -0.25) is 19.7 Å². The molecule has 8 nitrogen and oxygen atoms in total. The second-order valence-electron chi connectivity index (χ2n) is 5.73. The summed E-state index contributed by atoms with van der Waals surface area (Å²) in [6.07, 6.45) is 5.12. The Kier molecular flexibility index (Phi) is 6.10. The first-order valence-electron chi connectivity index (χ1n) is 7.90. The van der Waals surface area contributed by atoms with Gasteiger partial charge in [0, 0.05) is 6.07 Å². The maximum absolute atomic E-state index is 12.2. The van der Waals surface area contributed by atoms with Crippen molar-refractivity contribution < 1.29 is 24.0 Å². The zero-order chi connectivity index (χ0) is 18.4. The number of allylic oxidation sites excluding steroid dienone is 2. The topological polar surface area (TPSA) is 108 Å². The van der Waals surface area contributed by atoms with Gasteiger partial charge >= 0.3 is 5.97 Å². The summed E-state index contributed by atoms with van der Waals surface area (Å²) < 4.78 is 10.2. The van der Waals surface area contributed by atoms with Crippen LogP contribution in [0.15, 0.2) is 30.4 Å². The van der Waals surface area contributed by atoms with Crippen LogP contribution in [0.3, 0.4) is 0 Å². The lowest BCUT2D eigenvalue weighted by atomic mass is 10.1. The molecular weight excluding hydrogens is 328 g/mol. The van der Waals surface area contributed by atoms with Crippen molar-refractivity contribution in [2.75, 3.05) is 12.4 Å². The van der Waals surface area contributed by atoms with Crippen LogP contribution in [0.25, 0.3) is 0 Å². The van der Waals surface area contributed by atoms with E-state index < -0.39 is 22.9 Å². The van der Waals surface area contributed by atoms with E-state index >= 15 is 0 Å². The third-order valence-corrected chi connectivity index (χ3v) is 3.87. The number of esters is 1. The highest BCUT2D eigenvalue weighted by molar-refractivity contribution is 5.96. The van der Waals surface area contributed by atoms with Crippen molar-refractivity contribution >= 4 is 23.3 Å². The Balaban J connectivity index is 1.94. The zero-order valence-electron chi connectivity index (χ0n) is 14.1. The summed E-state index contributed by atoms with van der Waals surface area (Å²) in [6, 6.07) is 3.83. The maximum atomic E-state index is 12.2. The number of nitro groups is 1. The van der Waals surface area contributed by atoms with Crippen LogP contribution in [0.2, 0.25) is 0 Å². The molecule has 0 saturated carbocycles. The van der Waals surface area contributed by atoms with E-state index in [1.54, 1.807) is 0 Å². The average molecular weight is 348 g/mol. The van der Waals surface area contributed by atoms with Crippen molar-refractivity contribution in [3.8, 4) is 5.75 Å². The molecule has 134 valence electrons. The molecule has 0 heterocycles. The second-order valence-corrected chi connectivity index (χ2v) is 5.73. The van der Waals surface area contributed by atoms with Crippen LogP contribution < -0.4 is 10.1 Å². The number of carbonyl (C=O) groups excluding carboxylic acids is 2. The van der Waals surface area contributed by atoms with Crippen LogP contribution in [0, 0.1) is 16.0 Å². The molecule has 0 bridgehead atoms. The molecule has 1 aliphatic rings. The molecule has 0 spiro atoms. The molecule has 1 aliphatic carbocycles. The van der Waals surface area contributed by atoms with Gasteiger partial charge in [0.25, 0.3) is 11.6 Å². The molecule has 1 N–H and O–H groups in total. The molecule has 1 amide bonds. The highest BCUT2D eigenvalue weighted by Crippen LogP contribution is 2.29. The lowest BCUT2D eigenvalue weighted by Crippen LogP contribution is -2.30. The normalized spacial score (nSPS) is 17.0. The highest BCUT2D eigenvalue weighted by atomic mass is 16.6. The summed E-state index contributed by atoms with van der Waals surface area (Å²) in [5.41, 5.74) is 0.110. The van der Waals surface area contributed by atoms with Gasteiger partial charge in [-0.15, -0.1) is 0 Å². The molecule has 0 saturated heterocycles. The zero-order valence-corrected chi connectivity index (χ0v) is 14.1. The van der Waals surface area contributed by atoms with Gasteiger partial charge in [-0.1, -0.05) is 12.2 Å². The fraction of sp³-hybridized carbons (Fsp3) is 0.412. The van der Waals surface area contributed by atoms with Crippen LogP contribution in [-0.2, 0) is 14.3 Å². The molecule has 25 heavy (non-hydrogen) atoms. The van der Waals surface area contributed by atoms with Gasteiger partial charge in [0.1, 0.15) is 5.75 Å². The number of nitrogens with zero attached hydrogens (tertiary/aromatic N) is 1. The Bertz CT molecular complexity index is 700. The van der Waals surface area contributed by atoms with Crippen LogP contribution in [-0.4, -0.2) is 30.0 Å². The van der Waals surface area contributed by atoms with E-state index in [4.69, 9.17) is 9.47 Å². The summed E-state index contributed by atoms with van der Waals surface area (Å²) in [7, 11) is 1.34. The van der Waals surface area contributed by atoms with Gasteiger partial charge < -0.3 is 14.8 Å². The number of anilines is 1. The smallest absolute Gasteiger partial charge is 0.307 e. The van der Waals surface area contributed by atoms with E-state index in [9.17, 15) is 19.7 Å². The third-order valence-electron chi connectivity index (χ3n) is 3.87. The first-order valence-corrected chi connectivity index (χ1v) is 7.90. The van der Waals surface area contributed by atoms with Gasteiger partial charge in [0.05, 0.1) is 30.2 Å². The minimum Gasteiger partial charge on any atom is -0.494 e. The van der Waals surface area contributed by atoms with Crippen molar-refractivity contribution in [2.45, 2.75) is 32.3 Å². The lowest BCUT2D eigenvalue weighted by Gasteiger charge is -2.16. The Morgan fingerprint density at radius 1 is 1.44 bits per heavy atom. The van der Waals surface area contributed by atoms with Crippen molar-refractivity contribution in [3.63, 3.8) is 0 Å². The number of hydrogen-bond acceptors (Lipinski definition) is 6. The van der Waals surface area contributed by atoms with E-state index in [0.717, 1.165) is 12.8 Å². The third kappa shape index (κ3) is 5.03. The molecule has 1 aromatic rings. The Morgan fingerprint density at radius 3 is 2.80 bits per heavy atom. The number of methoxy groups -OCH3 is 1. The fourth-order valence-corrected chi connectivity index (χ4v) is 2.51. The molecule has 2 rings (SSSR count). The summed E-state index contributed by atoms with van der Waals surface area (Å²) in [4.78, 5) is 34.3. The average Bonchev–Trinajstić information content (AvgIpc) is 3.07. The van der Waals surface area contributed by atoms with Crippen LogP contribution in [0.1, 0.15) is 26.2 Å². The van der Waals surface area contributed by atoms with Crippen molar-refractivity contribution in [2.24, 2.45) is 5.92 Å². The SMILES string of the molecule is COc1cc([N+](=O)[O-])ccc1NC(=O)[C@H](C)OC(=O)C[C@H]1C=CCC1. The molecule has 0 unspecified atom stereocenters. The lowest BCUT2D eigenvalue weighted by molar-refractivity contribution is -0.384. The van der Waals surface area contributed by atoms with Gasteiger partial charge in [0.15, 0.2) is 6.10 Å². The van der Waals surface area contributed by atoms with Gasteiger partial charge in [-0.2, -0.15) is 0 Å². The second kappa shape index (κ2) is 8.27. The molecule has 0 radical (unpaired) electrons. The molecule has 8 heteroatoms. The summed E-state index contributed by atoms with van der Waals surface area (Å²) >= 11 is 0. The predicted molar refractivity (Wildman–Crippen MR) is 90.3 cm³/mol. The number of benzene rings is 1. The minimum atomic E-state index is -0.988. The van der Waals surface area contributed by atoms with Gasteiger partial charge in [0.2, 0.25) is 0 Å².